The third-order valence-corrected chi connectivity index (χ3v) is 4.14. The number of carboxylic acid groups (broad SMARTS) is 1. The molecule has 0 saturated carbocycles. The normalized spacial score (nSPS) is 10.5. The maximum absolute atomic E-state index is 12.2. The molecular weight excluding hydrogens is 300 g/mol. The first-order valence-corrected chi connectivity index (χ1v) is 7.89. The topological polar surface area (TPSA) is 82.1 Å². The first kappa shape index (κ1) is 16.2. The van der Waals surface area contributed by atoms with Crippen molar-refractivity contribution in [2.45, 2.75) is 33.1 Å². The highest BCUT2D eigenvalue weighted by Gasteiger charge is 2.11. The Morgan fingerprint density at radius 2 is 2.09 bits per heavy atom. The van der Waals surface area contributed by atoms with Gasteiger partial charge in [-0.15, -0.1) is 11.3 Å². The quantitative estimate of drug-likeness (QED) is 0.875. The highest BCUT2D eigenvalue weighted by molar-refractivity contribution is 7.09. The summed E-state index contributed by atoms with van der Waals surface area (Å²) in [5, 5.41) is 15.7. The van der Waals surface area contributed by atoms with Gasteiger partial charge in [0.15, 0.2) is 0 Å². The van der Waals surface area contributed by atoms with Gasteiger partial charge >= 0.3 is 0 Å². The van der Waals surface area contributed by atoms with Gasteiger partial charge in [0.1, 0.15) is 5.01 Å². The number of carbonyl (C=O) groups excluding carboxylic acids is 2. The standard InChI is InChI=1S/C16H18N2O3S/c1-3-11-6-4-5-10(2)16(11)18-13(19)8-14-17-12(9-22-14)7-15(20)21/h4-6,9H,3,7-8H2,1-2H3,(H,18,19)(H,20,21)/p-1. The third-order valence-electron chi connectivity index (χ3n) is 3.24. The smallest absolute Gasteiger partial charge is 0.231 e. The second-order valence-electron chi connectivity index (χ2n) is 4.97. The number of carboxylic acids is 1. The highest BCUT2D eigenvalue weighted by atomic mass is 32.1. The molecule has 0 saturated heterocycles. The Bertz CT molecular complexity index is 694. The number of aryl methyl sites for hydroxylation is 2. The number of anilines is 1. The van der Waals surface area contributed by atoms with E-state index in [0.717, 1.165) is 23.2 Å². The number of hydrogen-bond acceptors (Lipinski definition) is 5. The Labute approximate surface area is 133 Å². The van der Waals surface area contributed by atoms with Crippen LogP contribution in [-0.2, 0) is 28.9 Å². The number of hydrogen-bond donors (Lipinski definition) is 1. The van der Waals surface area contributed by atoms with Crippen LogP contribution in [0.2, 0.25) is 0 Å². The molecule has 5 nitrogen and oxygen atoms in total. The van der Waals surface area contributed by atoms with E-state index in [2.05, 4.69) is 10.3 Å². The van der Waals surface area contributed by atoms with E-state index in [1.807, 2.05) is 32.0 Å². The minimum atomic E-state index is -1.17. The Hall–Kier alpha value is -2.21. The summed E-state index contributed by atoms with van der Waals surface area (Å²) < 4.78 is 0. The van der Waals surface area contributed by atoms with E-state index < -0.39 is 5.97 Å². The molecule has 116 valence electrons. The molecule has 0 aliphatic heterocycles. The van der Waals surface area contributed by atoms with E-state index in [9.17, 15) is 14.7 Å². The van der Waals surface area contributed by atoms with Crippen molar-refractivity contribution in [1.82, 2.24) is 4.98 Å². The fourth-order valence-electron chi connectivity index (χ4n) is 2.18. The molecule has 1 amide bonds. The lowest BCUT2D eigenvalue weighted by atomic mass is 10.1. The molecule has 0 unspecified atom stereocenters. The zero-order valence-electron chi connectivity index (χ0n) is 12.5. The highest BCUT2D eigenvalue weighted by Crippen LogP contribution is 2.21. The molecule has 0 radical (unpaired) electrons. The summed E-state index contributed by atoms with van der Waals surface area (Å²) >= 11 is 1.28. The van der Waals surface area contributed by atoms with Crippen molar-refractivity contribution >= 4 is 28.9 Å². The Kier molecular flexibility index (Phi) is 5.27. The Balaban J connectivity index is 2.04. The molecule has 0 aliphatic carbocycles. The summed E-state index contributed by atoms with van der Waals surface area (Å²) in [4.78, 5) is 26.8. The van der Waals surface area contributed by atoms with E-state index in [0.29, 0.717) is 10.7 Å². The van der Waals surface area contributed by atoms with Crippen LogP contribution in [0.5, 0.6) is 0 Å². The van der Waals surface area contributed by atoms with Gasteiger partial charge in [-0.25, -0.2) is 4.98 Å². The number of nitrogens with one attached hydrogen (secondary N) is 1. The van der Waals surface area contributed by atoms with Crippen molar-refractivity contribution in [3.8, 4) is 0 Å². The van der Waals surface area contributed by atoms with E-state index in [1.165, 1.54) is 11.3 Å². The van der Waals surface area contributed by atoms with Crippen LogP contribution < -0.4 is 10.4 Å². The van der Waals surface area contributed by atoms with Gasteiger partial charge in [-0.05, 0) is 24.5 Å². The number of carbonyl (C=O) groups is 2. The molecule has 1 aromatic heterocycles. The van der Waals surface area contributed by atoms with Crippen molar-refractivity contribution in [2.75, 3.05) is 5.32 Å². The summed E-state index contributed by atoms with van der Waals surface area (Å²) in [7, 11) is 0. The number of nitrogens with zero attached hydrogens (tertiary/aromatic N) is 1. The predicted octanol–water partition coefficient (Wildman–Crippen LogP) is 1.49. The van der Waals surface area contributed by atoms with Crippen molar-refractivity contribution in [3.63, 3.8) is 0 Å². The molecule has 1 N–H and O–H groups in total. The van der Waals surface area contributed by atoms with E-state index in [-0.39, 0.29) is 18.7 Å². The largest absolute Gasteiger partial charge is 0.550 e. The van der Waals surface area contributed by atoms with Crippen molar-refractivity contribution in [3.05, 3.63) is 45.4 Å². The van der Waals surface area contributed by atoms with E-state index >= 15 is 0 Å². The minimum Gasteiger partial charge on any atom is -0.550 e. The van der Waals surface area contributed by atoms with E-state index in [1.54, 1.807) is 5.38 Å². The molecule has 1 heterocycles. The van der Waals surface area contributed by atoms with Crippen LogP contribution in [0.3, 0.4) is 0 Å². The third kappa shape index (κ3) is 4.14. The van der Waals surface area contributed by atoms with Crippen molar-refractivity contribution < 1.29 is 14.7 Å². The molecule has 2 rings (SSSR count). The summed E-state index contributed by atoms with van der Waals surface area (Å²) in [5.41, 5.74) is 3.38. The minimum absolute atomic E-state index is 0.134. The maximum atomic E-state index is 12.2. The number of benzene rings is 1. The first-order valence-electron chi connectivity index (χ1n) is 7.01. The van der Waals surface area contributed by atoms with Crippen LogP contribution >= 0.6 is 11.3 Å². The van der Waals surface area contributed by atoms with Crippen LogP contribution in [-0.4, -0.2) is 16.9 Å². The van der Waals surface area contributed by atoms with Gasteiger partial charge in [0, 0.05) is 23.5 Å². The van der Waals surface area contributed by atoms with Gasteiger partial charge in [0.05, 0.1) is 12.1 Å². The van der Waals surface area contributed by atoms with Crippen molar-refractivity contribution in [1.29, 1.82) is 0 Å². The molecule has 2 aromatic rings. The van der Waals surface area contributed by atoms with Gasteiger partial charge in [-0.1, -0.05) is 25.1 Å². The first-order chi connectivity index (χ1) is 10.5. The fourth-order valence-corrected chi connectivity index (χ4v) is 2.97. The SMILES string of the molecule is CCc1cccc(C)c1NC(=O)Cc1nc(CC(=O)[O-])cs1. The Morgan fingerprint density at radius 1 is 1.32 bits per heavy atom. The lowest BCUT2D eigenvalue weighted by molar-refractivity contribution is -0.304. The molecule has 1 aromatic carbocycles. The number of aromatic nitrogens is 1. The zero-order chi connectivity index (χ0) is 16.1. The average Bonchev–Trinajstić information content (AvgIpc) is 2.87. The van der Waals surface area contributed by atoms with Crippen LogP contribution in [0.4, 0.5) is 5.69 Å². The lowest BCUT2D eigenvalue weighted by Crippen LogP contribution is -2.24. The van der Waals surface area contributed by atoms with Gasteiger partial charge in [0.2, 0.25) is 5.91 Å². The summed E-state index contributed by atoms with van der Waals surface area (Å²) in [6.07, 6.45) is 0.745. The van der Waals surface area contributed by atoms with Crippen LogP contribution in [0, 0.1) is 6.92 Å². The molecular formula is C16H17N2O3S-. The van der Waals surface area contributed by atoms with Crippen LogP contribution in [0.1, 0.15) is 28.8 Å². The van der Waals surface area contributed by atoms with E-state index in [4.69, 9.17) is 0 Å². The van der Waals surface area contributed by atoms with Crippen molar-refractivity contribution in [2.24, 2.45) is 0 Å². The maximum Gasteiger partial charge on any atom is 0.231 e. The van der Waals surface area contributed by atoms with Crippen LogP contribution in [0.25, 0.3) is 0 Å². The predicted molar refractivity (Wildman–Crippen MR) is 83.7 cm³/mol. The zero-order valence-corrected chi connectivity index (χ0v) is 13.3. The number of para-hydroxylation sites is 1. The molecule has 22 heavy (non-hydrogen) atoms. The summed E-state index contributed by atoms with van der Waals surface area (Å²) in [6, 6.07) is 5.91. The monoisotopic (exact) mass is 317 g/mol. The van der Waals surface area contributed by atoms with Gasteiger partial charge < -0.3 is 15.2 Å². The molecule has 0 spiro atoms. The summed E-state index contributed by atoms with van der Waals surface area (Å²) in [6.45, 7) is 3.99. The lowest BCUT2D eigenvalue weighted by Gasteiger charge is -2.12. The molecule has 6 heteroatoms. The van der Waals surface area contributed by atoms with Crippen LogP contribution in [0.15, 0.2) is 23.6 Å². The number of rotatable bonds is 6. The number of aliphatic carboxylic acids is 1. The molecule has 0 aliphatic rings. The number of thiazole rings is 1. The van der Waals surface area contributed by atoms with Gasteiger partial charge in [-0.3, -0.25) is 4.79 Å². The molecule has 0 bridgehead atoms. The average molecular weight is 317 g/mol. The summed E-state index contributed by atoms with van der Waals surface area (Å²) in [5.74, 6) is -1.33. The molecule has 0 fully saturated rings. The van der Waals surface area contributed by atoms with Gasteiger partial charge in [-0.2, -0.15) is 0 Å². The van der Waals surface area contributed by atoms with Gasteiger partial charge in [0.25, 0.3) is 0 Å². The Morgan fingerprint density at radius 3 is 2.77 bits per heavy atom. The molecule has 0 atom stereocenters. The second kappa shape index (κ2) is 7.17. The fraction of sp³-hybridized carbons (Fsp3) is 0.312. The second-order valence-corrected chi connectivity index (χ2v) is 5.91. The number of amides is 1.